The first kappa shape index (κ1) is 44.7. The van der Waals surface area contributed by atoms with E-state index in [0.29, 0.717) is 0 Å². The lowest BCUT2D eigenvalue weighted by atomic mass is 9.86. The van der Waals surface area contributed by atoms with Crippen LogP contribution in [0, 0.1) is 0 Å². The molecular weight excluding hydrogens is 961 g/mol. The van der Waals surface area contributed by atoms with Crippen molar-refractivity contribution in [1.29, 1.82) is 0 Å². The average Bonchev–Trinajstić information content (AvgIpc) is 4.04. The molecule has 0 heteroatoms. The predicted octanol–water partition coefficient (Wildman–Crippen LogP) is 22.4. The summed E-state index contributed by atoms with van der Waals surface area (Å²) in [4.78, 5) is 0. The van der Waals surface area contributed by atoms with E-state index in [1.165, 1.54) is 177 Å². The zero-order chi connectivity index (χ0) is 52.4. The van der Waals surface area contributed by atoms with Crippen LogP contribution in [0.25, 0.3) is 177 Å². The molecule has 0 spiro atoms. The maximum Gasteiger partial charge on any atom is -0.00139 e. The normalized spacial score (nSPS) is 12.0. The molecule has 0 nitrogen and oxygen atoms in total. The second-order valence-electron chi connectivity index (χ2n) is 21.8. The van der Waals surface area contributed by atoms with Crippen LogP contribution in [-0.2, 0) is 0 Å². The zero-order valence-electron chi connectivity index (χ0n) is 43.7. The van der Waals surface area contributed by atoms with Crippen LogP contribution in [0.2, 0.25) is 0 Å². The molecule has 368 valence electrons. The van der Waals surface area contributed by atoms with E-state index in [-0.39, 0.29) is 0 Å². The highest BCUT2D eigenvalue weighted by Crippen LogP contribution is 2.58. The average molecular weight is 1010 g/mol. The molecule has 2 aliphatic carbocycles. The maximum atomic E-state index is 2.48. The second-order valence-corrected chi connectivity index (χ2v) is 21.8. The molecule has 15 aromatic carbocycles. The molecule has 0 radical (unpaired) electrons. The Morgan fingerprint density at radius 3 is 0.512 bits per heavy atom. The summed E-state index contributed by atoms with van der Waals surface area (Å²) in [5.74, 6) is 0. The lowest BCUT2D eigenvalue weighted by Gasteiger charge is -2.16. The molecule has 15 aromatic rings. The summed E-state index contributed by atoms with van der Waals surface area (Å²) < 4.78 is 0. The number of benzene rings is 15. The van der Waals surface area contributed by atoms with Crippen molar-refractivity contribution in [2.75, 3.05) is 0 Å². The zero-order valence-corrected chi connectivity index (χ0v) is 43.7. The Balaban J connectivity index is 0.826. The van der Waals surface area contributed by atoms with Gasteiger partial charge in [-0.05, 0) is 201 Å². The maximum absolute atomic E-state index is 2.48. The van der Waals surface area contributed by atoms with Crippen LogP contribution in [0.5, 0.6) is 0 Å². The largest absolute Gasteiger partial charge is 0.0622 e. The molecule has 17 rings (SSSR count). The Labute approximate surface area is 465 Å². The summed E-state index contributed by atoms with van der Waals surface area (Å²) in [6, 6.07) is 109. The van der Waals surface area contributed by atoms with Gasteiger partial charge in [0.1, 0.15) is 0 Å². The van der Waals surface area contributed by atoms with Gasteiger partial charge in [0.15, 0.2) is 0 Å². The van der Waals surface area contributed by atoms with Crippen molar-refractivity contribution in [2.45, 2.75) is 0 Å². The van der Waals surface area contributed by atoms with Crippen molar-refractivity contribution in [3.63, 3.8) is 0 Å². The fourth-order valence-electron chi connectivity index (χ4n) is 13.7. The molecule has 0 amide bonds. The minimum atomic E-state index is 1.21. The highest BCUT2D eigenvalue weighted by Gasteiger charge is 2.30. The van der Waals surface area contributed by atoms with Crippen molar-refractivity contribution in [3.05, 3.63) is 291 Å². The molecule has 0 aliphatic heterocycles. The quantitative estimate of drug-likeness (QED) is 0.105. The first-order valence-corrected chi connectivity index (χ1v) is 27.9. The smallest absolute Gasteiger partial charge is 0.00139 e. The van der Waals surface area contributed by atoms with Gasteiger partial charge in [-0.1, -0.05) is 267 Å². The molecule has 0 heterocycles. The van der Waals surface area contributed by atoms with Gasteiger partial charge in [0.05, 0.1) is 0 Å². The van der Waals surface area contributed by atoms with Crippen LogP contribution in [0.15, 0.2) is 291 Å². The van der Waals surface area contributed by atoms with Gasteiger partial charge in [-0.25, -0.2) is 0 Å². The fourth-order valence-corrected chi connectivity index (χ4v) is 13.7. The number of rotatable bonds is 8. The van der Waals surface area contributed by atoms with Crippen LogP contribution in [0.4, 0.5) is 0 Å². The third-order valence-corrected chi connectivity index (χ3v) is 17.6. The van der Waals surface area contributed by atoms with E-state index in [4.69, 9.17) is 0 Å². The summed E-state index contributed by atoms with van der Waals surface area (Å²) in [6.45, 7) is 0. The van der Waals surface area contributed by atoms with E-state index in [1.807, 2.05) is 0 Å². The molecule has 0 unspecified atom stereocenters. The van der Waals surface area contributed by atoms with Crippen molar-refractivity contribution >= 4 is 43.1 Å². The third-order valence-electron chi connectivity index (χ3n) is 17.6. The Bertz CT molecular complexity index is 4310. The Kier molecular flexibility index (Phi) is 9.81. The van der Waals surface area contributed by atoms with Gasteiger partial charge in [0, 0.05) is 0 Å². The topological polar surface area (TPSA) is 0 Å². The van der Waals surface area contributed by atoms with Gasteiger partial charge in [0.25, 0.3) is 0 Å². The van der Waals surface area contributed by atoms with Crippen molar-refractivity contribution in [1.82, 2.24) is 0 Å². The molecule has 0 N–H and O–H groups in total. The fraction of sp³-hybridized carbons (Fsp3) is 0. The van der Waals surface area contributed by atoms with Gasteiger partial charge < -0.3 is 0 Å². The van der Waals surface area contributed by atoms with E-state index in [0.717, 1.165) is 0 Å². The van der Waals surface area contributed by atoms with Crippen LogP contribution >= 0.6 is 0 Å². The van der Waals surface area contributed by atoms with E-state index in [2.05, 4.69) is 291 Å². The molecule has 0 aromatic heterocycles. The molecule has 0 saturated heterocycles. The second kappa shape index (κ2) is 17.6. The highest BCUT2D eigenvalue weighted by atomic mass is 14.3. The van der Waals surface area contributed by atoms with Crippen LogP contribution in [0.1, 0.15) is 0 Å². The Hall–Kier alpha value is -10.4. The molecule has 0 fully saturated rings. The van der Waals surface area contributed by atoms with Crippen LogP contribution < -0.4 is 0 Å². The summed E-state index contributed by atoms with van der Waals surface area (Å²) in [5, 5.41) is 10.7. The third kappa shape index (κ3) is 6.83. The monoisotopic (exact) mass is 1010 g/mol. The summed E-state index contributed by atoms with van der Waals surface area (Å²) in [5.41, 5.74) is 29.9. The molecule has 2 aliphatic rings. The Morgan fingerprint density at radius 1 is 0.113 bits per heavy atom. The van der Waals surface area contributed by atoms with Gasteiger partial charge in [-0.2, -0.15) is 0 Å². The van der Waals surface area contributed by atoms with Crippen LogP contribution in [-0.4, -0.2) is 0 Å². The molecule has 0 saturated carbocycles. The minimum absolute atomic E-state index is 1.21. The molecule has 0 bridgehead atoms. The first-order valence-electron chi connectivity index (χ1n) is 27.9. The molecular formula is C80H48. The van der Waals surface area contributed by atoms with E-state index >= 15 is 0 Å². The summed E-state index contributed by atoms with van der Waals surface area (Å²) in [7, 11) is 0. The van der Waals surface area contributed by atoms with E-state index in [9.17, 15) is 0 Å². The number of hydrogen-bond acceptors (Lipinski definition) is 0. The standard InChI is InChI=1S/C80H48/c1-5-13-49(14-6-1)53-21-29-57(30-22-53)69-45-73-65-41-37-61-63-39-43-67-75-47-71(59-33-25-55(26-34-59)51-17-9-3-10-18-51)72(60-35-27-56(28-36-60)52-19-11-4-12-20-52)48-76(75)68-44-40-64(78(63)80(67)68)62-38-42-66(79(65)77(61)62)74(73)46-70(69)58-31-23-54(24-32-58)50-15-7-2-8-16-50/h1-48H. The predicted molar refractivity (Wildman–Crippen MR) is 340 cm³/mol. The van der Waals surface area contributed by atoms with Gasteiger partial charge in [-0.3, -0.25) is 0 Å². The lowest BCUT2D eigenvalue weighted by molar-refractivity contribution is 1.56. The lowest BCUT2D eigenvalue weighted by Crippen LogP contribution is -1.90. The Morgan fingerprint density at radius 2 is 0.300 bits per heavy atom. The summed E-state index contributed by atoms with van der Waals surface area (Å²) >= 11 is 0. The van der Waals surface area contributed by atoms with E-state index < -0.39 is 0 Å². The van der Waals surface area contributed by atoms with E-state index in [1.54, 1.807) is 0 Å². The first-order chi connectivity index (χ1) is 39.7. The molecule has 80 heavy (non-hydrogen) atoms. The number of hydrogen-bond donors (Lipinski definition) is 0. The van der Waals surface area contributed by atoms with Crippen molar-refractivity contribution in [2.24, 2.45) is 0 Å². The van der Waals surface area contributed by atoms with Gasteiger partial charge >= 0.3 is 0 Å². The highest BCUT2D eigenvalue weighted by molar-refractivity contribution is 6.40. The number of fused-ring (bicyclic) bond motifs is 8. The van der Waals surface area contributed by atoms with Crippen molar-refractivity contribution < 1.29 is 0 Å². The van der Waals surface area contributed by atoms with Crippen LogP contribution in [0.3, 0.4) is 0 Å². The van der Waals surface area contributed by atoms with Gasteiger partial charge in [-0.15, -0.1) is 0 Å². The minimum Gasteiger partial charge on any atom is -0.0622 e. The summed E-state index contributed by atoms with van der Waals surface area (Å²) in [6.07, 6.45) is 0. The SMILES string of the molecule is c1ccc(-c2ccc(-c3cc4c(cc3-c3ccc(-c5ccccc5)cc3)-c3ccc5c6ccc7c8c(ccc(c9ccc-4c3c95)c86)-c3cc(-c4ccc(-c5ccccc5)cc4)c(-c4ccc(-c5ccccc5)cc4)cc3-7)cc2)cc1. The van der Waals surface area contributed by atoms with Gasteiger partial charge in [0.2, 0.25) is 0 Å². The van der Waals surface area contributed by atoms with Crippen molar-refractivity contribution in [3.8, 4) is 134 Å². The molecule has 0 atom stereocenters.